The van der Waals surface area contributed by atoms with Crippen molar-refractivity contribution in [3.05, 3.63) is 53.0 Å². The van der Waals surface area contributed by atoms with Gasteiger partial charge in [-0.3, -0.25) is 4.79 Å². The molecule has 2 aromatic carbocycles. The highest BCUT2D eigenvalue weighted by Gasteiger charge is 2.31. The highest BCUT2D eigenvalue weighted by molar-refractivity contribution is 7.18. The average molecular weight is 449 g/mol. The van der Waals surface area contributed by atoms with Gasteiger partial charge in [0.15, 0.2) is 0 Å². The van der Waals surface area contributed by atoms with Crippen LogP contribution in [0.15, 0.2) is 42.5 Å². The molecule has 0 saturated carbocycles. The van der Waals surface area contributed by atoms with Gasteiger partial charge in [0.2, 0.25) is 5.91 Å². The van der Waals surface area contributed by atoms with Crippen molar-refractivity contribution in [1.29, 1.82) is 0 Å². The van der Waals surface area contributed by atoms with Gasteiger partial charge in [-0.25, -0.2) is 4.98 Å². The molecule has 4 rings (SSSR count). The van der Waals surface area contributed by atoms with E-state index in [9.17, 15) is 18.0 Å². The van der Waals surface area contributed by atoms with E-state index in [0.29, 0.717) is 44.8 Å². The van der Waals surface area contributed by atoms with E-state index in [-0.39, 0.29) is 18.0 Å². The van der Waals surface area contributed by atoms with Crippen LogP contribution in [-0.2, 0) is 22.1 Å². The van der Waals surface area contributed by atoms with Crippen molar-refractivity contribution in [2.24, 2.45) is 0 Å². The van der Waals surface area contributed by atoms with Crippen LogP contribution in [0.5, 0.6) is 0 Å². The van der Waals surface area contributed by atoms with Crippen molar-refractivity contribution in [2.75, 3.05) is 36.5 Å². The summed E-state index contributed by atoms with van der Waals surface area (Å²) in [5, 5.41) is 3.64. The van der Waals surface area contributed by atoms with E-state index in [4.69, 9.17) is 4.74 Å². The van der Waals surface area contributed by atoms with Crippen LogP contribution < -0.4 is 10.2 Å². The molecule has 0 radical (unpaired) electrons. The first kappa shape index (κ1) is 21.6. The summed E-state index contributed by atoms with van der Waals surface area (Å²) in [7, 11) is 0. The number of hydrogen-bond acceptors (Lipinski definition) is 5. The fourth-order valence-corrected chi connectivity index (χ4v) is 4.54. The summed E-state index contributed by atoms with van der Waals surface area (Å²) in [6.07, 6.45) is -3.06. The van der Waals surface area contributed by atoms with Crippen LogP contribution in [0.2, 0.25) is 0 Å². The van der Waals surface area contributed by atoms with Gasteiger partial charge in [-0.05, 0) is 43.2 Å². The third-order valence-electron chi connectivity index (χ3n) is 5.08. The Kier molecular flexibility index (Phi) is 6.43. The zero-order chi connectivity index (χ0) is 21.8. The summed E-state index contributed by atoms with van der Waals surface area (Å²) in [5.74, 6) is -0.310. The molecule has 1 N–H and O–H groups in total. The lowest BCUT2D eigenvalue weighted by Gasteiger charge is -2.31. The van der Waals surface area contributed by atoms with Crippen LogP contribution in [0, 0.1) is 0 Å². The number of amides is 1. The molecule has 3 aromatic rings. The van der Waals surface area contributed by atoms with Crippen molar-refractivity contribution in [3.8, 4) is 0 Å². The van der Waals surface area contributed by atoms with Crippen LogP contribution >= 0.6 is 11.3 Å². The molecule has 0 unspecified atom stereocenters. The number of alkyl halides is 3. The average Bonchev–Trinajstić information content (AvgIpc) is 3.16. The Labute approximate surface area is 181 Å². The number of benzene rings is 2. The normalized spacial score (nSPS) is 14.7. The standard InChI is InChI=1S/C22H22F3N3O2S/c23-22(24,25)15-8-9-18(28-10-12-30-13-11-28)17(14-15)26-20(29)6-3-7-21-27-16-4-1-2-5-19(16)31-21/h1-2,4-5,8-9,14H,3,6-7,10-13H2,(H,26,29). The Bertz CT molecular complexity index is 1030. The van der Waals surface area contributed by atoms with E-state index in [1.165, 1.54) is 6.07 Å². The molecule has 31 heavy (non-hydrogen) atoms. The number of halogens is 3. The van der Waals surface area contributed by atoms with E-state index >= 15 is 0 Å². The molecular formula is C22H22F3N3O2S. The van der Waals surface area contributed by atoms with E-state index in [1.54, 1.807) is 11.3 Å². The maximum Gasteiger partial charge on any atom is 0.416 e. The summed E-state index contributed by atoms with van der Waals surface area (Å²) in [6.45, 7) is 2.12. The van der Waals surface area contributed by atoms with Gasteiger partial charge >= 0.3 is 6.18 Å². The van der Waals surface area contributed by atoms with Gasteiger partial charge in [0, 0.05) is 19.5 Å². The van der Waals surface area contributed by atoms with Gasteiger partial charge in [0.1, 0.15) is 0 Å². The number of para-hydroxylation sites is 1. The van der Waals surface area contributed by atoms with Gasteiger partial charge in [-0.2, -0.15) is 13.2 Å². The minimum atomic E-state index is -4.48. The van der Waals surface area contributed by atoms with E-state index < -0.39 is 11.7 Å². The Morgan fingerprint density at radius 3 is 2.68 bits per heavy atom. The minimum absolute atomic E-state index is 0.182. The number of fused-ring (bicyclic) bond motifs is 1. The summed E-state index contributed by atoms with van der Waals surface area (Å²) < 4.78 is 46.0. The molecule has 164 valence electrons. The number of carbonyl (C=O) groups excluding carboxylic acids is 1. The summed E-state index contributed by atoms with van der Waals surface area (Å²) in [5.41, 5.74) is 0.915. The second-order valence-electron chi connectivity index (χ2n) is 7.31. The maximum atomic E-state index is 13.2. The lowest BCUT2D eigenvalue weighted by Crippen LogP contribution is -2.36. The molecule has 1 saturated heterocycles. The number of aromatic nitrogens is 1. The van der Waals surface area contributed by atoms with Crippen molar-refractivity contribution in [2.45, 2.75) is 25.4 Å². The van der Waals surface area contributed by atoms with Crippen LogP contribution in [0.1, 0.15) is 23.4 Å². The summed E-state index contributed by atoms with van der Waals surface area (Å²) >= 11 is 1.59. The molecule has 0 spiro atoms. The first-order chi connectivity index (χ1) is 14.9. The number of nitrogens with zero attached hydrogens (tertiary/aromatic N) is 2. The molecule has 1 fully saturated rings. The molecule has 9 heteroatoms. The van der Waals surface area contributed by atoms with E-state index in [0.717, 1.165) is 27.4 Å². The number of carbonyl (C=O) groups is 1. The highest BCUT2D eigenvalue weighted by Crippen LogP contribution is 2.36. The first-order valence-electron chi connectivity index (χ1n) is 10.1. The quantitative estimate of drug-likeness (QED) is 0.568. The molecule has 0 atom stereocenters. The molecule has 1 amide bonds. The van der Waals surface area contributed by atoms with E-state index in [1.807, 2.05) is 29.2 Å². The number of anilines is 2. The maximum absolute atomic E-state index is 13.2. The molecule has 0 aliphatic carbocycles. The van der Waals surface area contributed by atoms with E-state index in [2.05, 4.69) is 10.3 Å². The van der Waals surface area contributed by atoms with Gasteiger partial charge in [-0.15, -0.1) is 11.3 Å². The van der Waals surface area contributed by atoms with Crippen molar-refractivity contribution < 1.29 is 22.7 Å². The summed E-state index contributed by atoms with van der Waals surface area (Å²) in [4.78, 5) is 19.0. The Morgan fingerprint density at radius 2 is 1.94 bits per heavy atom. The van der Waals surface area contributed by atoms with Gasteiger partial charge in [0.25, 0.3) is 0 Å². The number of rotatable bonds is 6. The minimum Gasteiger partial charge on any atom is -0.378 e. The number of morpholine rings is 1. The predicted molar refractivity (Wildman–Crippen MR) is 116 cm³/mol. The largest absolute Gasteiger partial charge is 0.416 e. The van der Waals surface area contributed by atoms with Crippen molar-refractivity contribution in [1.82, 2.24) is 4.98 Å². The number of ether oxygens (including phenoxy) is 1. The third kappa shape index (κ3) is 5.34. The molecule has 1 aliphatic rings. The van der Waals surface area contributed by atoms with Gasteiger partial charge in [-0.1, -0.05) is 12.1 Å². The summed E-state index contributed by atoms with van der Waals surface area (Å²) in [6, 6.07) is 11.3. The molecule has 5 nitrogen and oxygen atoms in total. The molecular weight excluding hydrogens is 427 g/mol. The van der Waals surface area contributed by atoms with Crippen LogP contribution in [-0.4, -0.2) is 37.2 Å². The third-order valence-corrected chi connectivity index (χ3v) is 6.18. The smallest absolute Gasteiger partial charge is 0.378 e. The zero-order valence-electron chi connectivity index (χ0n) is 16.7. The molecule has 1 aromatic heterocycles. The number of nitrogens with one attached hydrogen (secondary N) is 1. The van der Waals surface area contributed by atoms with Crippen molar-refractivity contribution >= 4 is 38.8 Å². The lowest BCUT2D eigenvalue weighted by molar-refractivity contribution is -0.137. The fraction of sp³-hybridized carbons (Fsp3) is 0.364. The SMILES string of the molecule is O=C(CCCc1nc2ccccc2s1)Nc1cc(C(F)(F)F)ccc1N1CCOCC1. The number of aryl methyl sites for hydroxylation is 1. The second kappa shape index (κ2) is 9.23. The second-order valence-corrected chi connectivity index (χ2v) is 8.42. The lowest BCUT2D eigenvalue weighted by atomic mass is 10.1. The fourth-order valence-electron chi connectivity index (χ4n) is 3.53. The van der Waals surface area contributed by atoms with Crippen molar-refractivity contribution in [3.63, 3.8) is 0 Å². The van der Waals surface area contributed by atoms with Crippen LogP contribution in [0.25, 0.3) is 10.2 Å². The van der Waals surface area contributed by atoms with Gasteiger partial charge in [0.05, 0.1) is 45.4 Å². The van der Waals surface area contributed by atoms with Crippen LogP contribution in [0.4, 0.5) is 24.5 Å². The Hall–Kier alpha value is -2.65. The molecule has 2 heterocycles. The number of hydrogen-bond donors (Lipinski definition) is 1. The highest BCUT2D eigenvalue weighted by atomic mass is 32.1. The Morgan fingerprint density at radius 1 is 1.16 bits per heavy atom. The Balaban J connectivity index is 1.42. The molecule has 0 bridgehead atoms. The topological polar surface area (TPSA) is 54.5 Å². The van der Waals surface area contributed by atoms with Gasteiger partial charge < -0.3 is 15.0 Å². The first-order valence-corrected chi connectivity index (χ1v) is 10.9. The van der Waals surface area contributed by atoms with Crippen LogP contribution in [0.3, 0.4) is 0 Å². The number of thiazole rings is 1. The molecule has 1 aliphatic heterocycles. The monoisotopic (exact) mass is 449 g/mol. The zero-order valence-corrected chi connectivity index (χ0v) is 17.6. The predicted octanol–water partition coefficient (Wildman–Crippen LogP) is 5.11.